The third kappa shape index (κ3) is 17.6. The number of azo groups is 4. The molecule has 0 unspecified atom stereocenters. The van der Waals surface area contributed by atoms with E-state index >= 15 is 0 Å². The van der Waals surface area contributed by atoms with E-state index in [1.165, 1.54) is 60.7 Å². The van der Waals surface area contributed by atoms with E-state index in [1.807, 2.05) is 0 Å². The highest BCUT2D eigenvalue weighted by Crippen LogP contribution is 2.40. The molecular formula is C49H52N10O15S4. The fraction of sp³-hybridized carbons (Fsp3) is 0.245. The van der Waals surface area contributed by atoms with Crippen LogP contribution in [-0.4, -0.2) is 82.6 Å². The zero-order valence-corrected chi connectivity index (χ0v) is 45.7. The minimum atomic E-state index is -4.41. The van der Waals surface area contributed by atoms with Crippen LogP contribution in [-0.2, 0) is 40.5 Å². The van der Waals surface area contributed by atoms with Crippen molar-refractivity contribution in [3.05, 3.63) is 130 Å². The van der Waals surface area contributed by atoms with Crippen molar-refractivity contribution < 1.29 is 66.2 Å². The molecule has 0 bridgehead atoms. The fourth-order valence-corrected chi connectivity index (χ4v) is 8.87. The van der Waals surface area contributed by atoms with E-state index in [2.05, 4.69) is 51.5 Å². The van der Waals surface area contributed by atoms with Crippen LogP contribution in [0.4, 0.5) is 61.7 Å². The smallest absolute Gasteiger partial charge is 0.323 e. The molecule has 0 heterocycles. The molecule has 0 aliphatic heterocycles. The van der Waals surface area contributed by atoms with Crippen LogP contribution in [0.25, 0.3) is 0 Å². The van der Waals surface area contributed by atoms with Gasteiger partial charge < -0.3 is 20.1 Å². The molecule has 0 atom stereocenters. The second kappa shape index (κ2) is 25.1. The van der Waals surface area contributed by atoms with E-state index in [9.17, 15) is 56.7 Å². The molecule has 0 aromatic heterocycles. The Bertz CT molecular complexity index is 3590. The van der Waals surface area contributed by atoms with E-state index in [-0.39, 0.29) is 70.1 Å². The number of carbonyl (C=O) groups is 1. The highest BCUT2D eigenvalue weighted by molar-refractivity contribution is 7.86. The minimum Gasteiger partial charge on any atom is -0.491 e. The van der Waals surface area contributed by atoms with Gasteiger partial charge in [0, 0.05) is 23.5 Å². The van der Waals surface area contributed by atoms with Gasteiger partial charge in [-0.2, -0.15) is 64.4 Å². The number of rotatable bonds is 22. The molecule has 0 spiro atoms. The highest BCUT2D eigenvalue weighted by atomic mass is 32.2. The van der Waals surface area contributed by atoms with Gasteiger partial charge in [0.05, 0.1) is 68.6 Å². The Morgan fingerprint density at radius 1 is 0.410 bits per heavy atom. The Kier molecular flexibility index (Phi) is 19.2. The predicted molar refractivity (Wildman–Crippen MR) is 289 cm³/mol. The Hall–Kier alpha value is -7.77. The number of hydrogen-bond acceptors (Lipinski definition) is 19. The van der Waals surface area contributed by atoms with Gasteiger partial charge >= 0.3 is 6.03 Å². The largest absolute Gasteiger partial charge is 0.491 e. The van der Waals surface area contributed by atoms with Crippen LogP contribution in [0.5, 0.6) is 11.5 Å². The molecule has 0 radical (unpaired) electrons. The van der Waals surface area contributed by atoms with Crippen LogP contribution < -0.4 is 20.1 Å². The number of nitrogens with one attached hydrogen (secondary N) is 2. The van der Waals surface area contributed by atoms with Crippen molar-refractivity contribution in [3.63, 3.8) is 0 Å². The molecule has 2 amide bonds. The molecule has 0 fully saturated rings. The number of amides is 2. The van der Waals surface area contributed by atoms with E-state index < -0.39 is 58.0 Å². The molecule has 6 rings (SSSR count). The molecule has 0 saturated heterocycles. The summed E-state index contributed by atoms with van der Waals surface area (Å²) in [7, 11) is -17.3. The number of urea groups is 1. The van der Waals surface area contributed by atoms with Crippen LogP contribution in [0, 0.1) is 41.5 Å². The van der Waals surface area contributed by atoms with Gasteiger partial charge in [-0.15, -0.1) is 10.2 Å². The lowest BCUT2D eigenvalue weighted by Gasteiger charge is -2.14. The van der Waals surface area contributed by atoms with E-state index in [0.29, 0.717) is 67.5 Å². The van der Waals surface area contributed by atoms with E-state index in [0.717, 1.165) is 0 Å². The number of aryl methyl sites for hydroxylation is 6. The van der Waals surface area contributed by atoms with Gasteiger partial charge in [0.15, 0.2) is 0 Å². The second-order valence-corrected chi connectivity index (χ2v) is 23.4. The van der Waals surface area contributed by atoms with Crippen LogP contribution in [0.1, 0.15) is 46.2 Å². The lowest BCUT2D eigenvalue weighted by Crippen LogP contribution is -2.20. The lowest BCUT2D eigenvalue weighted by atomic mass is 10.1. The van der Waals surface area contributed by atoms with E-state index in [1.54, 1.807) is 77.9 Å². The number of carbonyl (C=O) groups excluding carboxylic acids is 1. The van der Waals surface area contributed by atoms with Crippen molar-refractivity contribution >= 4 is 103 Å². The average Bonchev–Trinajstić information content (AvgIpc) is 3.34. The molecule has 412 valence electrons. The number of anilines is 2. The van der Waals surface area contributed by atoms with Gasteiger partial charge in [-0.05, 0) is 173 Å². The number of benzene rings is 6. The molecule has 0 aliphatic rings. The summed E-state index contributed by atoms with van der Waals surface area (Å²) >= 11 is 0. The summed E-state index contributed by atoms with van der Waals surface area (Å²) in [5.74, 6) is -0.782. The molecule has 6 aromatic rings. The summed E-state index contributed by atoms with van der Waals surface area (Å²) in [6.45, 7) is 10.2. The predicted octanol–water partition coefficient (Wildman–Crippen LogP) is 12.6. The van der Waals surface area contributed by atoms with Crippen molar-refractivity contribution in [3.8, 4) is 11.5 Å². The average molecular weight is 1150 g/mol. The van der Waals surface area contributed by atoms with Crippen molar-refractivity contribution in [2.24, 2.45) is 40.9 Å². The highest BCUT2D eigenvalue weighted by Gasteiger charge is 2.17. The third-order valence-corrected chi connectivity index (χ3v) is 14.4. The summed E-state index contributed by atoms with van der Waals surface area (Å²) in [5.41, 5.74) is 7.21. The van der Waals surface area contributed by atoms with Crippen LogP contribution in [0.2, 0.25) is 0 Å². The standard InChI is InChI=1S/C49H52N10O15S4/c1-29-23-41(56-58-45-25-33(5)43(27-47(45)73-17-7-19-75(61,62)63)54-52-35-9-13-37(14-10-35)77(67,68)69)31(3)21-39(29)50-49(60)51-40-22-32(4)42(24-30(40)2)57-59-46-26-34(6)44(28-48(46)74-18-8-20-76(64,65)66)55-53-36-11-15-38(16-12-36)78(70,71)72/h9-16,21-28H,7-8,17-20H2,1-6H3,(H2,50,51,60)(H,61,62,63)(H,64,65,66)(H,67,68,69)(H,70,71,72). The van der Waals surface area contributed by atoms with Gasteiger partial charge in [-0.3, -0.25) is 18.2 Å². The molecule has 6 aromatic carbocycles. The quantitative estimate of drug-likeness (QED) is 0.0209. The Morgan fingerprint density at radius 2 is 0.705 bits per heavy atom. The van der Waals surface area contributed by atoms with Crippen molar-refractivity contribution in [2.45, 2.75) is 64.2 Å². The Morgan fingerprint density at radius 3 is 1.04 bits per heavy atom. The fourth-order valence-electron chi connectivity index (χ4n) is 6.94. The lowest BCUT2D eigenvalue weighted by molar-refractivity contribution is 0.262. The van der Waals surface area contributed by atoms with Crippen LogP contribution >= 0.6 is 0 Å². The molecule has 0 saturated carbocycles. The first kappa shape index (κ1) is 59.5. The molecule has 6 N–H and O–H groups in total. The Balaban J connectivity index is 1.16. The molecule has 29 heteroatoms. The van der Waals surface area contributed by atoms with Gasteiger partial charge in [0.2, 0.25) is 0 Å². The summed E-state index contributed by atoms with van der Waals surface area (Å²) in [6, 6.07) is 22.6. The number of ether oxygens (including phenoxy) is 2. The van der Waals surface area contributed by atoms with Gasteiger partial charge in [0.25, 0.3) is 40.5 Å². The second-order valence-electron chi connectivity index (χ2n) is 17.4. The molecule has 78 heavy (non-hydrogen) atoms. The summed E-state index contributed by atoms with van der Waals surface area (Å²) < 4.78 is 140. The molecule has 0 aliphatic carbocycles. The van der Waals surface area contributed by atoms with Crippen LogP contribution in [0.15, 0.2) is 148 Å². The SMILES string of the molecule is Cc1cc(N=Nc2cc(C)c(NC(=O)Nc3cc(C)c(N=Nc4cc(C)c(N=Nc5ccc(S(=O)(=O)O)cc5)cc4OCCCS(=O)(=O)O)cc3C)cc2C)c(OCCCS(=O)(=O)O)cc1N=Nc1ccc(S(=O)(=O)O)cc1. The first-order valence-corrected chi connectivity index (χ1v) is 29.2. The first-order valence-electron chi connectivity index (χ1n) is 23.1. The maximum absolute atomic E-state index is 13.5. The van der Waals surface area contributed by atoms with Crippen molar-refractivity contribution in [1.29, 1.82) is 0 Å². The Labute approximate surface area is 449 Å². The number of nitrogens with zero attached hydrogens (tertiary/aromatic N) is 8. The van der Waals surface area contributed by atoms with Crippen molar-refractivity contribution in [2.75, 3.05) is 35.4 Å². The van der Waals surface area contributed by atoms with Crippen LogP contribution in [0.3, 0.4) is 0 Å². The maximum atomic E-state index is 13.5. The first-order chi connectivity index (χ1) is 36.5. The summed E-state index contributed by atoms with van der Waals surface area (Å²) in [5, 5.41) is 40.3. The van der Waals surface area contributed by atoms with Gasteiger partial charge in [0.1, 0.15) is 22.9 Å². The molecular weight excluding hydrogens is 1100 g/mol. The topological polar surface area (TPSA) is 376 Å². The normalized spacial score (nSPS) is 12.5. The zero-order chi connectivity index (χ0) is 57.2. The molecule has 25 nitrogen and oxygen atoms in total. The zero-order valence-electron chi connectivity index (χ0n) is 42.5. The summed E-state index contributed by atoms with van der Waals surface area (Å²) in [4.78, 5) is 12.8. The maximum Gasteiger partial charge on any atom is 0.323 e. The van der Waals surface area contributed by atoms with Gasteiger partial charge in [-0.1, -0.05) is 0 Å². The minimum absolute atomic E-state index is 0.0518. The monoisotopic (exact) mass is 1150 g/mol. The summed E-state index contributed by atoms with van der Waals surface area (Å²) in [6.07, 6.45) is -0.104. The van der Waals surface area contributed by atoms with Crippen molar-refractivity contribution in [1.82, 2.24) is 0 Å². The number of hydrogen-bond donors (Lipinski definition) is 6. The van der Waals surface area contributed by atoms with E-state index in [4.69, 9.17) is 9.47 Å². The van der Waals surface area contributed by atoms with Gasteiger partial charge in [-0.25, -0.2) is 4.79 Å². The third-order valence-electron chi connectivity index (χ3n) is 11.1.